The quantitative estimate of drug-likeness (QED) is 0.931. The predicted octanol–water partition coefficient (Wildman–Crippen LogP) is 3.38. The molecule has 2 heterocycles. The van der Waals surface area contributed by atoms with E-state index in [1.54, 1.807) is 6.20 Å². The van der Waals surface area contributed by atoms with Crippen molar-refractivity contribution in [1.82, 2.24) is 10.3 Å². The van der Waals surface area contributed by atoms with Crippen molar-refractivity contribution >= 4 is 11.6 Å². The number of hydrogen-bond acceptors (Lipinski definition) is 3. The number of pyridine rings is 1. The number of piperidine rings is 1. The molecule has 1 saturated carbocycles. The standard InChI is InChI=1S/C18H27N3O/c1-14-6-5-11-21(13-14)16-9-10-19-17(12-16)18(22)20-15-7-3-2-4-8-15/h9-10,12,14-15H,2-8,11,13H2,1H3,(H,20,22). The highest BCUT2D eigenvalue weighted by Crippen LogP contribution is 2.23. The molecule has 1 aliphatic heterocycles. The lowest BCUT2D eigenvalue weighted by Gasteiger charge is -2.32. The van der Waals surface area contributed by atoms with Crippen molar-refractivity contribution in [2.24, 2.45) is 5.92 Å². The summed E-state index contributed by atoms with van der Waals surface area (Å²) in [7, 11) is 0. The lowest BCUT2D eigenvalue weighted by molar-refractivity contribution is 0.0922. The number of nitrogens with one attached hydrogen (secondary N) is 1. The Morgan fingerprint density at radius 2 is 2.05 bits per heavy atom. The Bertz CT molecular complexity index is 511. The molecular formula is C18H27N3O. The summed E-state index contributed by atoms with van der Waals surface area (Å²) >= 11 is 0. The van der Waals surface area contributed by atoms with Crippen LogP contribution >= 0.6 is 0 Å². The van der Waals surface area contributed by atoms with E-state index in [2.05, 4.69) is 22.1 Å². The van der Waals surface area contributed by atoms with Crippen molar-refractivity contribution in [1.29, 1.82) is 0 Å². The van der Waals surface area contributed by atoms with Crippen molar-refractivity contribution in [2.45, 2.75) is 57.9 Å². The Balaban J connectivity index is 1.66. The molecule has 4 heteroatoms. The first-order valence-corrected chi connectivity index (χ1v) is 8.74. The number of aromatic nitrogens is 1. The van der Waals surface area contributed by atoms with Crippen LogP contribution in [0.1, 0.15) is 62.4 Å². The number of amides is 1. The van der Waals surface area contributed by atoms with E-state index < -0.39 is 0 Å². The van der Waals surface area contributed by atoms with Gasteiger partial charge in [0.1, 0.15) is 5.69 Å². The summed E-state index contributed by atoms with van der Waals surface area (Å²) in [5.41, 5.74) is 1.69. The van der Waals surface area contributed by atoms with E-state index in [9.17, 15) is 4.79 Å². The average molecular weight is 301 g/mol. The summed E-state index contributed by atoms with van der Waals surface area (Å²) in [5, 5.41) is 3.15. The fraction of sp³-hybridized carbons (Fsp3) is 0.667. The fourth-order valence-corrected chi connectivity index (χ4v) is 3.67. The molecule has 2 aliphatic rings. The zero-order valence-electron chi connectivity index (χ0n) is 13.6. The number of rotatable bonds is 3. The van der Waals surface area contributed by atoms with Crippen LogP contribution in [0.25, 0.3) is 0 Å². The third-order valence-electron chi connectivity index (χ3n) is 4.94. The van der Waals surface area contributed by atoms with Crippen LogP contribution in [0.2, 0.25) is 0 Å². The summed E-state index contributed by atoms with van der Waals surface area (Å²) < 4.78 is 0. The van der Waals surface area contributed by atoms with Gasteiger partial charge in [-0.25, -0.2) is 0 Å². The van der Waals surface area contributed by atoms with Crippen LogP contribution in [-0.4, -0.2) is 30.0 Å². The molecule has 1 saturated heterocycles. The molecule has 1 aromatic rings. The lowest BCUT2D eigenvalue weighted by atomic mass is 9.95. The molecule has 1 amide bonds. The van der Waals surface area contributed by atoms with Gasteiger partial charge >= 0.3 is 0 Å². The maximum Gasteiger partial charge on any atom is 0.270 e. The first kappa shape index (κ1) is 15.3. The third-order valence-corrected chi connectivity index (χ3v) is 4.94. The van der Waals surface area contributed by atoms with Crippen molar-refractivity contribution < 1.29 is 4.79 Å². The number of carbonyl (C=O) groups is 1. The maximum atomic E-state index is 12.4. The number of anilines is 1. The molecule has 0 spiro atoms. The van der Waals surface area contributed by atoms with Crippen molar-refractivity contribution in [3.63, 3.8) is 0 Å². The largest absolute Gasteiger partial charge is 0.371 e. The Kier molecular flexibility index (Phi) is 4.96. The minimum absolute atomic E-state index is 0.0150. The second-order valence-corrected chi connectivity index (χ2v) is 6.90. The van der Waals surface area contributed by atoms with E-state index >= 15 is 0 Å². The minimum atomic E-state index is -0.0150. The number of carbonyl (C=O) groups excluding carboxylic acids is 1. The van der Waals surface area contributed by atoms with Gasteiger partial charge in [0.25, 0.3) is 5.91 Å². The normalized spacial score (nSPS) is 23.3. The average Bonchev–Trinajstić information content (AvgIpc) is 2.56. The van der Waals surface area contributed by atoms with Crippen LogP contribution in [0.4, 0.5) is 5.69 Å². The van der Waals surface area contributed by atoms with Crippen LogP contribution in [0.5, 0.6) is 0 Å². The Morgan fingerprint density at radius 3 is 2.82 bits per heavy atom. The highest BCUT2D eigenvalue weighted by atomic mass is 16.1. The number of nitrogens with zero attached hydrogens (tertiary/aromatic N) is 2. The molecule has 2 fully saturated rings. The van der Waals surface area contributed by atoms with Crippen LogP contribution in [-0.2, 0) is 0 Å². The molecule has 1 aromatic heterocycles. The SMILES string of the molecule is CC1CCCN(c2ccnc(C(=O)NC3CCCCC3)c2)C1. The molecule has 1 aliphatic carbocycles. The van der Waals surface area contributed by atoms with Crippen LogP contribution in [0, 0.1) is 5.92 Å². The highest BCUT2D eigenvalue weighted by molar-refractivity contribution is 5.93. The van der Waals surface area contributed by atoms with E-state index in [4.69, 9.17) is 0 Å². The molecule has 4 nitrogen and oxygen atoms in total. The molecule has 22 heavy (non-hydrogen) atoms. The molecule has 120 valence electrons. The van der Waals surface area contributed by atoms with E-state index in [0.29, 0.717) is 11.7 Å². The molecule has 0 bridgehead atoms. The Morgan fingerprint density at radius 1 is 1.23 bits per heavy atom. The summed E-state index contributed by atoms with van der Waals surface area (Å²) in [4.78, 5) is 19.1. The van der Waals surface area contributed by atoms with E-state index in [1.807, 2.05) is 12.1 Å². The summed E-state index contributed by atoms with van der Waals surface area (Å²) in [6.07, 6.45) is 10.3. The first-order chi connectivity index (χ1) is 10.7. The van der Waals surface area contributed by atoms with Gasteiger partial charge in [0.05, 0.1) is 0 Å². The van der Waals surface area contributed by atoms with Gasteiger partial charge in [-0.15, -0.1) is 0 Å². The first-order valence-electron chi connectivity index (χ1n) is 8.74. The third kappa shape index (κ3) is 3.79. The minimum Gasteiger partial charge on any atom is -0.371 e. The molecule has 1 atom stereocenters. The summed E-state index contributed by atoms with van der Waals surface area (Å²) in [5.74, 6) is 0.709. The molecule has 0 aromatic carbocycles. The summed E-state index contributed by atoms with van der Waals surface area (Å²) in [6.45, 7) is 4.45. The topological polar surface area (TPSA) is 45.2 Å². The highest BCUT2D eigenvalue weighted by Gasteiger charge is 2.20. The zero-order chi connectivity index (χ0) is 15.4. The second kappa shape index (κ2) is 7.12. The van der Waals surface area contributed by atoms with Gasteiger partial charge in [-0.3, -0.25) is 9.78 Å². The van der Waals surface area contributed by atoms with Crippen molar-refractivity contribution in [3.05, 3.63) is 24.0 Å². The van der Waals surface area contributed by atoms with Gasteiger partial charge < -0.3 is 10.2 Å². The van der Waals surface area contributed by atoms with E-state index in [-0.39, 0.29) is 5.91 Å². The fourth-order valence-electron chi connectivity index (χ4n) is 3.67. The van der Waals surface area contributed by atoms with Gasteiger partial charge in [-0.05, 0) is 43.7 Å². The zero-order valence-corrected chi connectivity index (χ0v) is 13.6. The van der Waals surface area contributed by atoms with Gasteiger partial charge in [0.15, 0.2) is 0 Å². The van der Waals surface area contributed by atoms with E-state index in [0.717, 1.165) is 37.5 Å². The van der Waals surface area contributed by atoms with Crippen molar-refractivity contribution in [3.8, 4) is 0 Å². The van der Waals surface area contributed by atoms with Gasteiger partial charge in [-0.2, -0.15) is 0 Å². The molecular weight excluding hydrogens is 274 g/mol. The Labute approximate surface area is 133 Å². The summed E-state index contributed by atoms with van der Waals surface area (Å²) in [6, 6.07) is 4.31. The molecule has 0 radical (unpaired) electrons. The molecule has 1 unspecified atom stereocenters. The van der Waals surface area contributed by atoms with Crippen LogP contribution in [0.15, 0.2) is 18.3 Å². The Hall–Kier alpha value is -1.58. The number of hydrogen-bond donors (Lipinski definition) is 1. The van der Waals surface area contributed by atoms with Crippen LogP contribution in [0.3, 0.4) is 0 Å². The molecule has 3 rings (SSSR count). The second-order valence-electron chi connectivity index (χ2n) is 6.90. The monoisotopic (exact) mass is 301 g/mol. The maximum absolute atomic E-state index is 12.4. The van der Waals surface area contributed by atoms with Gasteiger partial charge in [0.2, 0.25) is 0 Å². The van der Waals surface area contributed by atoms with Gasteiger partial charge in [0, 0.05) is 31.0 Å². The smallest absolute Gasteiger partial charge is 0.270 e. The molecule has 1 N–H and O–H groups in total. The predicted molar refractivity (Wildman–Crippen MR) is 89.2 cm³/mol. The lowest BCUT2D eigenvalue weighted by Crippen LogP contribution is -2.37. The van der Waals surface area contributed by atoms with Crippen LogP contribution < -0.4 is 10.2 Å². The van der Waals surface area contributed by atoms with E-state index in [1.165, 1.54) is 32.1 Å². The van der Waals surface area contributed by atoms with Crippen molar-refractivity contribution in [2.75, 3.05) is 18.0 Å². The van der Waals surface area contributed by atoms with Gasteiger partial charge in [-0.1, -0.05) is 26.2 Å².